The molecule has 1 aliphatic rings. The number of likely N-dealkylation sites (tertiary alicyclic amines) is 1. The third kappa shape index (κ3) is 5.99. The smallest absolute Gasteiger partial charge is 0.410 e. The molecule has 0 spiro atoms. The van der Waals surface area contributed by atoms with Crippen LogP contribution in [-0.2, 0) is 11.2 Å². The lowest BCUT2D eigenvalue weighted by atomic mass is 9.77. The summed E-state index contributed by atoms with van der Waals surface area (Å²) in [7, 11) is 0. The number of rotatable bonds is 5. The minimum atomic E-state index is -0.488. The number of hydrogen-bond donors (Lipinski definition) is 0. The van der Waals surface area contributed by atoms with Crippen molar-refractivity contribution in [1.82, 2.24) is 19.9 Å². The summed E-state index contributed by atoms with van der Waals surface area (Å²) in [4.78, 5) is 27.0. The molecule has 172 valence electrons. The number of ether oxygens (including phenoxy) is 2. The van der Waals surface area contributed by atoms with Crippen molar-refractivity contribution in [3.63, 3.8) is 0 Å². The Labute approximate surface area is 198 Å². The summed E-state index contributed by atoms with van der Waals surface area (Å²) in [6.45, 7) is 9.11. The van der Waals surface area contributed by atoms with Crippen LogP contribution in [0.4, 0.5) is 4.79 Å². The van der Waals surface area contributed by atoms with Gasteiger partial charge in [0.1, 0.15) is 11.4 Å². The first-order valence-corrected chi connectivity index (χ1v) is 11.1. The first-order chi connectivity index (χ1) is 15.6. The van der Waals surface area contributed by atoms with E-state index in [2.05, 4.69) is 27.9 Å². The summed E-state index contributed by atoms with van der Waals surface area (Å²) < 4.78 is 11.1. The van der Waals surface area contributed by atoms with Crippen LogP contribution in [0.25, 0.3) is 11.1 Å². The summed E-state index contributed by atoms with van der Waals surface area (Å²) in [6.07, 6.45) is 7.62. The standard InChI is InChI=1S/C25H27ClN4O3/c1-24(2,3)33-23(31)30-15-25(4,16-30)10-17-8-18(12-27-11-17)19-13-28-22(29-14-19)32-21-7-5-6-20(26)9-21/h5-9,11-14H,10,15-16H2,1-4H3. The second-order valence-electron chi connectivity index (χ2n) is 9.72. The van der Waals surface area contributed by atoms with Crippen molar-refractivity contribution in [2.45, 2.75) is 39.7 Å². The molecule has 3 heterocycles. The van der Waals surface area contributed by atoms with Gasteiger partial charge in [0.05, 0.1) is 0 Å². The molecule has 3 aromatic rings. The topological polar surface area (TPSA) is 77.4 Å². The first-order valence-electron chi connectivity index (χ1n) is 10.8. The number of carbonyl (C=O) groups is 1. The molecule has 0 aliphatic carbocycles. The highest BCUT2D eigenvalue weighted by molar-refractivity contribution is 6.30. The van der Waals surface area contributed by atoms with E-state index >= 15 is 0 Å². The van der Waals surface area contributed by atoms with E-state index in [1.807, 2.05) is 27.0 Å². The van der Waals surface area contributed by atoms with E-state index in [4.69, 9.17) is 21.1 Å². The molecular formula is C25H27ClN4O3. The predicted molar refractivity (Wildman–Crippen MR) is 126 cm³/mol. The van der Waals surface area contributed by atoms with Gasteiger partial charge in [0.15, 0.2) is 0 Å². The molecule has 0 bridgehead atoms. The van der Waals surface area contributed by atoms with Gasteiger partial charge in [0.2, 0.25) is 0 Å². The molecule has 33 heavy (non-hydrogen) atoms. The normalized spacial score (nSPS) is 15.0. The van der Waals surface area contributed by atoms with Crippen LogP contribution in [0.1, 0.15) is 33.3 Å². The van der Waals surface area contributed by atoms with Crippen LogP contribution >= 0.6 is 11.6 Å². The van der Waals surface area contributed by atoms with E-state index in [0.717, 1.165) is 23.1 Å². The van der Waals surface area contributed by atoms with Crippen LogP contribution in [0.2, 0.25) is 5.02 Å². The Morgan fingerprint density at radius 1 is 1.09 bits per heavy atom. The van der Waals surface area contributed by atoms with Gasteiger partial charge >= 0.3 is 12.1 Å². The van der Waals surface area contributed by atoms with E-state index in [-0.39, 0.29) is 17.5 Å². The van der Waals surface area contributed by atoms with E-state index in [0.29, 0.717) is 23.9 Å². The quantitative estimate of drug-likeness (QED) is 0.474. The predicted octanol–water partition coefficient (Wildman–Crippen LogP) is 5.78. The molecule has 0 atom stereocenters. The summed E-state index contributed by atoms with van der Waals surface area (Å²) >= 11 is 5.99. The van der Waals surface area contributed by atoms with Crippen molar-refractivity contribution in [3.05, 3.63) is 65.7 Å². The molecule has 4 rings (SSSR count). The van der Waals surface area contributed by atoms with Crippen molar-refractivity contribution in [1.29, 1.82) is 0 Å². The fraction of sp³-hybridized carbons (Fsp3) is 0.360. The molecule has 1 aromatic carbocycles. The number of halogens is 1. The Bertz CT molecular complexity index is 1140. The van der Waals surface area contributed by atoms with Gasteiger partial charge in [0, 0.05) is 59.4 Å². The van der Waals surface area contributed by atoms with Gasteiger partial charge < -0.3 is 14.4 Å². The fourth-order valence-corrected chi connectivity index (χ4v) is 4.01. The molecule has 1 saturated heterocycles. The summed E-state index contributed by atoms with van der Waals surface area (Å²) in [6, 6.07) is 9.41. The zero-order valence-corrected chi connectivity index (χ0v) is 20.0. The van der Waals surface area contributed by atoms with Crippen LogP contribution < -0.4 is 4.74 Å². The van der Waals surface area contributed by atoms with Crippen molar-refractivity contribution in [2.75, 3.05) is 13.1 Å². The zero-order chi connectivity index (χ0) is 23.6. The number of pyridine rings is 1. The molecule has 0 unspecified atom stereocenters. The second kappa shape index (κ2) is 8.98. The van der Waals surface area contributed by atoms with Gasteiger partial charge in [-0.25, -0.2) is 14.8 Å². The molecule has 0 N–H and O–H groups in total. The number of aromatic nitrogens is 3. The number of benzene rings is 1. The van der Waals surface area contributed by atoms with Gasteiger partial charge in [-0.1, -0.05) is 24.6 Å². The second-order valence-corrected chi connectivity index (χ2v) is 10.2. The van der Waals surface area contributed by atoms with Crippen molar-refractivity contribution in [2.24, 2.45) is 5.41 Å². The SMILES string of the molecule is CC1(Cc2cncc(-c3cnc(Oc4cccc(Cl)c4)nc3)c2)CN(C(=O)OC(C)(C)C)C1. The molecule has 7 nitrogen and oxygen atoms in total. The molecule has 1 fully saturated rings. The Morgan fingerprint density at radius 3 is 2.48 bits per heavy atom. The molecule has 0 radical (unpaired) electrons. The number of hydrogen-bond acceptors (Lipinski definition) is 6. The maximum absolute atomic E-state index is 12.2. The minimum Gasteiger partial charge on any atom is -0.444 e. The third-order valence-corrected chi connectivity index (χ3v) is 5.42. The van der Waals surface area contributed by atoms with Crippen LogP contribution in [0.5, 0.6) is 11.8 Å². The Kier molecular flexibility index (Phi) is 6.26. The fourth-order valence-electron chi connectivity index (χ4n) is 3.83. The van der Waals surface area contributed by atoms with E-state index in [1.165, 1.54) is 0 Å². The van der Waals surface area contributed by atoms with Crippen molar-refractivity contribution in [3.8, 4) is 22.9 Å². The van der Waals surface area contributed by atoms with Crippen LogP contribution in [0.3, 0.4) is 0 Å². The average Bonchev–Trinajstić information content (AvgIpc) is 2.71. The maximum Gasteiger partial charge on any atom is 0.410 e. The Balaban J connectivity index is 1.38. The lowest BCUT2D eigenvalue weighted by Gasteiger charge is -2.48. The van der Waals surface area contributed by atoms with Crippen molar-refractivity contribution < 1.29 is 14.3 Å². The highest BCUT2D eigenvalue weighted by Crippen LogP contribution is 2.35. The minimum absolute atomic E-state index is 0.0115. The third-order valence-electron chi connectivity index (χ3n) is 5.19. The first kappa shape index (κ1) is 23.0. The van der Waals surface area contributed by atoms with E-state index in [9.17, 15) is 4.79 Å². The lowest BCUT2D eigenvalue weighted by Crippen LogP contribution is -2.58. The molecule has 1 amide bonds. The Morgan fingerprint density at radius 2 is 1.82 bits per heavy atom. The summed E-state index contributed by atoms with van der Waals surface area (Å²) in [5.41, 5.74) is 2.37. The monoisotopic (exact) mass is 466 g/mol. The molecule has 8 heteroatoms. The average molecular weight is 467 g/mol. The molecule has 0 saturated carbocycles. The molecule has 2 aromatic heterocycles. The highest BCUT2D eigenvalue weighted by Gasteiger charge is 2.42. The van der Waals surface area contributed by atoms with Crippen LogP contribution in [0, 0.1) is 5.41 Å². The van der Waals surface area contributed by atoms with Gasteiger partial charge in [0.25, 0.3) is 0 Å². The lowest BCUT2D eigenvalue weighted by molar-refractivity contribution is -0.0276. The van der Waals surface area contributed by atoms with Crippen LogP contribution in [0.15, 0.2) is 55.1 Å². The molecule has 1 aliphatic heterocycles. The summed E-state index contributed by atoms with van der Waals surface area (Å²) in [5.74, 6) is 0.577. The largest absolute Gasteiger partial charge is 0.444 e. The van der Waals surface area contributed by atoms with Crippen molar-refractivity contribution >= 4 is 17.7 Å². The number of nitrogens with zero attached hydrogens (tertiary/aromatic N) is 4. The Hall–Kier alpha value is -3.19. The van der Waals surface area contributed by atoms with Crippen LogP contribution in [-0.4, -0.2) is 44.6 Å². The van der Waals surface area contributed by atoms with Gasteiger partial charge in [-0.3, -0.25) is 4.98 Å². The van der Waals surface area contributed by atoms with Gasteiger partial charge in [-0.05, 0) is 57.0 Å². The van der Waals surface area contributed by atoms with Gasteiger partial charge in [-0.2, -0.15) is 0 Å². The summed E-state index contributed by atoms with van der Waals surface area (Å²) in [5, 5.41) is 0.585. The van der Waals surface area contributed by atoms with E-state index in [1.54, 1.807) is 47.8 Å². The number of carbonyl (C=O) groups excluding carboxylic acids is 1. The number of amides is 1. The highest BCUT2D eigenvalue weighted by atomic mass is 35.5. The zero-order valence-electron chi connectivity index (χ0n) is 19.2. The van der Waals surface area contributed by atoms with E-state index < -0.39 is 5.60 Å². The maximum atomic E-state index is 12.2. The van der Waals surface area contributed by atoms with Gasteiger partial charge in [-0.15, -0.1) is 0 Å². The molecular weight excluding hydrogens is 440 g/mol.